The summed E-state index contributed by atoms with van der Waals surface area (Å²) in [7, 11) is -3.82. The van der Waals surface area contributed by atoms with E-state index in [1.807, 2.05) is 27.7 Å². The summed E-state index contributed by atoms with van der Waals surface area (Å²) in [5, 5.41) is 0. The molecular formula is C18H27NO6S. The molecule has 0 aliphatic carbocycles. The van der Waals surface area contributed by atoms with Gasteiger partial charge in [-0.2, -0.15) is 8.42 Å². The van der Waals surface area contributed by atoms with Crippen molar-refractivity contribution in [2.24, 2.45) is 0 Å². The number of likely N-dealkylation sites (tertiary alicyclic amines) is 1. The van der Waals surface area contributed by atoms with E-state index in [1.54, 1.807) is 24.0 Å². The number of hydrogen-bond donors (Lipinski definition) is 0. The Balaban J connectivity index is 1.74. The van der Waals surface area contributed by atoms with Crippen molar-refractivity contribution in [2.45, 2.75) is 57.3 Å². The molecule has 1 aliphatic rings. The molecule has 1 fully saturated rings. The number of nitrogens with zero attached hydrogens (tertiary/aromatic N) is 1. The minimum absolute atomic E-state index is 0.120. The Morgan fingerprint density at radius 1 is 1.23 bits per heavy atom. The maximum absolute atomic E-state index is 12.2. The van der Waals surface area contributed by atoms with Gasteiger partial charge in [-0.1, -0.05) is 17.7 Å². The molecule has 1 heterocycles. The monoisotopic (exact) mass is 385 g/mol. The van der Waals surface area contributed by atoms with Gasteiger partial charge in [0.1, 0.15) is 5.60 Å². The summed E-state index contributed by atoms with van der Waals surface area (Å²) >= 11 is 0. The van der Waals surface area contributed by atoms with Crippen molar-refractivity contribution in [1.29, 1.82) is 0 Å². The van der Waals surface area contributed by atoms with Crippen molar-refractivity contribution in [3.63, 3.8) is 0 Å². The van der Waals surface area contributed by atoms with Gasteiger partial charge in [0.25, 0.3) is 10.1 Å². The summed E-state index contributed by atoms with van der Waals surface area (Å²) in [6, 6.07) is 6.47. The maximum atomic E-state index is 12.2. The molecule has 2 rings (SSSR count). The highest BCUT2D eigenvalue weighted by Gasteiger charge is 2.34. The van der Waals surface area contributed by atoms with Crippen molar-refractivity contribution in [2.75, 3.05) is 19.7 Å². The molecule has 0 radical (unpaired) electrons. The van der Waals surface area contributed by atoms with E-state index >= 15 is 0 Å². The van der Waals surface area contributed by atoms with Crippen molar-refractivity contribution >= 4 is 16.2 Å². The molecule has 0 saturated carbocycles. The van der Waals surface area contributed by atoms with Crippen LogP contribution in [0.25, 0.3) is 0 Å². The van der Waals surface area contributed by atoms with Crippen LogP contribution in [-0.2, 0) is 23.8 Å². The lowest BCUT2D eigenvalue weighted by atomic mass is 10.1. The highest BCUT2D eigenvalue weighted by molar-refractivity contribution is 7.86. The second-order valence-electron chi connectivity index (χ2n) is 7.51. The van der Waals surface area contributed by atoms with Crippen LogP contribution in [0.15, 0.2) is 29.2 Å². The zero-order chi connectivity index (χ0) is 19.5. The first kappa shape index (κ1) is 20.7. The SMILES string of the molecule is Cc1ccc(S(=O)(=O)O[C@H](C)COC2CN(C(=O)OC(C)(C)C)C2)cc1. The Bertz CT molecular complexity index is 717. The van der Waals surface area contributed by atoms with Gasteiger partial charge in [-0.05, 0) is 46.8 Å². The molecule has 1 aromatic rings. The third-order valence-corrected chi connectivity index (χ3v) is 5.10. The van der Waals surface area contributed by atoms with E-state index in [0.717, 1.165) is 5.56 Å². The van der Waals surface area contributed by atoms with Crippen LogP contribution in [0.2, 0.25) is 0 Å². The summed E-state index contributed by atoms with van der Waals surface area (Å²) in [4.78, 5) is 13.5. The number of aryl methyl sites for hydroxylation is 1. The Morgan fingerprint density at radius 3 is 2.35 bits per heavy atom. The zero-order valence-corrected chi connectivity index (χ0v) is 16.7. The smallest absolute Gasteiger partial charge is 0.410 e. The quantitative estimate of drug-likeness (QED) is 0.700. The summed E-state index contributed by atoms with van der Waals surface area (Å²) in [5.41, 5.74) is 0.440. The lowest BCUT2D eigenvalue weighted by Gasteiger charge is -2.39. The van der Waals surface area contributed by atoms with Gasteiger partial charge in [0.2, 0.25) is 0 Å². The van der Waals surface area contributed by atoms with Crippen molar-refractivity contribution in [3.8, 4) is 0 Å². The van der Waals surface area contributed by atoms with Crippen LogP contribution in [-0.4, -0.2) is 56.9 Å². The van der Waals surface area contributed by atoms with E-state index in [-0.39, 0.29) is 23.7 Å². The molecule has 1 saturated heterocycles. The molecule has 0 bridgehead atoms. The van der Waals surface area contributed by atoms with Gasteiger partial charge >= 0.3 is 6.09 Å². The van der Waals surface area contributed by atoms with Crippen molar-refractivity contribution in [3.05, 3.63) is 29.8 Å². The summed E-state index contributed by atoms with van der Waals surface area (Å²) < 4.78 is 40.5. The predicted molar refractivity (Wildman–Crippen MR) is 96.5 cm³/mol. The Morgan fingerprint density at radius 2 is 1.81 bits per heavy atom. The van der Waals surface area contributed by atoms with Crippen LogP contribution in [0.1, 0.15) is 33.3 Å². The van der Waals surface area contributed by atoms with Crippen LogP contribution < -0.4 is 0 Å². The molecular weight excluding hydrogens is 358 g/mol. The molecule has 0 spiro atoms. The Hall–Kier alpha value is -1.64. The molecule has 7 nitrogen and oxygen atoms in total. The summed E-state index contributed by atoms with van der Waals surface area (Å²) in [5.74, 6) is 0. The van der Waals surface area contributed by atoms with E-state index in [4.69, 9.17) is 13.7 Å². The number of ether oxygens (including phenoxy) is 2. The predicted octanol–water partition coefficient (Wildman–Crippen LogP) is 2.72. The molecule has 0 unspecified atom stereocenters. The molecule has 8 heteroatoms. The first-order chi connectivity index (χ1) is 12.0. The van der Waals surface area contributed by atoms with Crippen LogP contribution in [0.5, 0.6) is 0 Å². The van der Waals surface area contributed by atoms with E-state index < -0.39 is 21.8 Å². The van der Waals surface area contributed by atoms with Crippen LogP contribution in [0, 0.1) is 6.92 Å². The lowest BCUT2D eigenvalue weighted by molar-refractivity contribution is -0.0768. The van der Waals surface area contributed by atoms with Gasteiger partial charge in [-0.3, -0.25) is 4.18 Å². The third kappa shape index (κ3) is 5.96. The van der Waals surface area contributed by atoms with Gasteiger partial charge in [0, 0.05) is 0 Å². The largest absolute Gasteiger partial charge is 0.444 e. The number of carbonyl (C=O) groups is 1. The number of benzene rings is 1. The minimum atomic E-state index is -3.82. The second-order valence-corrected chi connectivity index (χ2v) is 9.09. The molecule has 1 amide bonds. The van der Waals surface area contributed by atoms with Crippen LogP contribution in [0.4, 0.5) is 4.79 Å². The molecule has 0 N–H and O–H groups in total. The highest BCUT2D eigenvalue weighted by atomic mass is 32.2. The number of amides is 1. The van der Waals surface area contributed by atoms with E-state index in [2.05, 4.69) is 0 Å². The number of rotatable bonds is 6. The van der Waals surface area contributed by atoms with E-state index in [9.17, 15) is 13.2 Å². The van der Waals surface area contributed by atoms with Crippen LogP contribution >= 0.6 is 0 Å². The average Bonchev–Trinajstić information content (AvgIpc) is 2.43. The van der Waals surface area contributed by atoms with Gasteiger partial charge in [-0.15, -0.1) is 0 Å². The van der Waals surface area contributed by atoms with Crippen molar-refractivity contribution < 1.29 is 26.9 Å². The Kier molecular flexibility index (Phi) is 6.31. The van der Waals surface area contributed by atoms with Gasteiger partial charge in [-0.25, -0.2) is 4.79 Å². The first-order valence-electron chi connectivity index (χ1n) is 8.56. The lowest BCUT2D eigenvalue weighted by Crippen LogP contribution is -2.56. The van der Waals surface area contributed by atoms with Gasteiger partial charge in [0.05, 0.1) is 36.8 Å². The summed E-state index contributed by atoms with van der Waals surface area (Å²) in [6.07, 6.45) is -1.14. The zero-order valence-electron chi connectivity index (χ0n) is 15.9. The molecule has 1 aromatic carbocycles. The normalized spacial score (nSPS) is 16.9. The topological polar surface area (TPSA) is 82.1 Å². The van der Waals surface area contributed by atoms with E-state index in [1.165, 1.54) is 12.1 Å². The molecule has 146 valence electrons. The summed E-state index contributed by atoms with van der Waals surface area (Å²) in [6.45, 7) is 9.92. The molecule has 0 aromatic heterocycles. The molecule has 26 heavy (non-hydrogen) atoms. The van der Waals surface area contributed by atoms with Gasteiger partial charge < -0.3 is 14.4 Å². The molecule has 1 aliphatic heterocycles. The van der Waals surface area contributed by atoms with E-state index in [0.29, 0.717) is 13.1 Å². The fraction of sp³-hybridized carbons (Fsp3) is 0.611. The fourth-order valence-electron chi connectivity index (χ4n) is 2.30. The second kappa shape index (κ2) is 7.94. The van der Waals surface area contributed by atoms with Crippen molar-refractivity contribution in [1.82, 2.24) is 4.90 Å². The Labute approximate surface area is 155 Å². The highest BCUT2D eigenvalue weighted by Crippen LogP contribution is 2.19. The third-order valence-electron chi connectivity index (χ3n) is 3.67. The standard InChI is InChI=1S/C18H27NO6S/c1-13-6-8-16(9-7-13)26(21,22)25-14(2)12-23-15-10-19(11-15)17(20)24-18(3,4)5/h6-9,14-15H,10-12H2,1-5H3/t14-/m1/s1. The first-order valence-corrected chi connectivity index (χ1v) is 9.96. The maximum Gasteiger partial charge on any atom is 0.410 e. The minimum Gasteiger partial charge on any atom is -0.444 e. The number of hydrogen-bond acceptors (Lipinski definition) is 6. The fourth-order valence-corrected chi connectivity index (χ4v) is 3.36. The average molecular weight is 385 g/mol. The number of carbonyl (C=O) groups excluding carboxylic acids is 1. The van der Waals surface area contributed by atoms with Crippen LogP contribution in [0.3, 0.4) is 0 Å². The molecule has 1 atom stereocenters. The van der Waals surface area contributed by atoms with Gasteiger partial charge in [0.15, 0.2) is 0 Å².